The van der Waals surface area contributed by atoms with E-state index in [0.29, 0.717) is 17.2 Å². The zero-order chi connectivity index (χ0) is 21.7. The predicted octanol–water partition coefficient (Wildman–Crippen LogP) is 4.88. The highest BCUT2D eigenvalue weighted by atomic mass is 32.2. The van der Waals surface area contributed by atoms with Crippen LogP contribution in [0.5, 0.6) is 0 Å². The van der Waals surface area contributed by atoms with E-state index in [0.717, 1.165) is 5.56 Å². The number of anilines is 1. The summed E-state index contributed by atoms with van der Waals surface area (Å²) in [6.07, 6.45) is 0. The van der Waals surface area contributed by atoms with Crippen molar-refractivity contribution in [2.75, 3.05) is 12.4 Å². The van der Waals surface area contributed by atoms with Crippen LogP contribution >= 0.6 is 0 Å². The molecule has 3 aromatic rings. The van der Waals surface area contributed by atoms with Gasteiger partial charge in [-0.1, -0.05) is 56.3 Å². The monoisotopic (exact) mass is 422 g/mol. The van der Waals surface area contributed by atoms with Crippen molar-refractivity contribution in [1.82, 2.24) is 4.31 Å². The Morgan fingerprint density at radius 1 is 0.900 bits per heavy atom. The minimum Gasteiger partial charge on any atom is -0.322 e. The third-order valence-electron chi connectivity index (χ3n) is 4.91. The molecule has 30 heavy (non-hydrogen) atoms. The summed E-state index contributed by atoms with van der Waals surface area (Å²) in [5.41, 5.74) is 3.17. The van der Waals surface area contributed by atoms with Gasteiger partial charge in [0.05, 0.1) is 4.90 Å². The number of benzene rings is 3. The lowest BCUT2D eigenvalue weighted by Crippen LogP contribution is -2.26. The maximum Gasteiger partial charge on any atom is 0.255 e. The minimum atomic E-state index is -3.63. The Labute approximate surface area is 178 Å². The topological polar surface area (TPSA) is 66.5 Å². The molecular weight excluding hydrogens is 396 g/mol. The molecule has 1 N–H and O–H groups in total. The smallest absolute Gasteiger partial charge is 0.255 e. The summed E-state index contributed by atoms with van der Waals surface area (Å²) in [4.78, 5) is 12.6. The summed E-state index contributed by atoms with van der Waals surface area (Å²) in [7, 11) is -2.07. The van der Waals surface area contributed by atoms with Crippen molar-refractivity contribution < 1.29 is 13.2 Å². The summed E-state index contributed by atoms with van der Waals surface area (Å²) < 4.78 is 26.9. The van der Waals surface area contributed by atoms with E-state index in [1.54, 1.807) is 31.3 Å². The highest BCUT2D eigenvalue weighted by Gasteiger charge is 2.21. The Hall–Kier alpha value is -2.96. The first-order chi connectivity index (χ1) is 14.3. The lowest BCUT2D eigenvalue weighted by molar-refractivity contribution is 0.102. The molecule has 0 spiro atoms. The van der Waals surface area contributed by atoms with Crippen molar-refractivity contribution in [3.63, 3.8) is 0 Å². The lowest BCUT2D eigenvalue weighted by atomic mass is 10.0. The molecule has 0 unspecified atom stereocenters. The molecule has 0 heterocycles. The molecule has 0 aliphatic heterocycles. The fourth-order valence-corrected chi connectivity index (χ4v) is 4.20. The van der Waals surface area contributed by atoms with Crippen molar-refractivity contribution >= 4 is 21.6 Å². The van der Waals surface area contributed by atoms with E-state index in [2.05, 4.69) is 19.2 Å². The summed E-state index contributed by atoms with van der Waals surface area (Å²) in [6.45, 7) is 4.48. The average Bonchev–Trinajstić information content (AvgIpc) is 2.75. The molecule has 6 heteroatoms. The summed E-state index contributed by atoms with van der Waals surface area (Å²) in [5.74, 6) is 0.165. The zero-order valence-electron chi connectivity index (χ0n) is 17.4. The number of nitrogens with zero attached hydrogens (tertiary/aromatic N) is 1. The molecule has 3 aromatic carbocycles. The van der Waals surface area contributed by atoms with E-state index in [4.69, 9.17) is 0 Å². The van der Waals surface area contributed by atoms with E-state index < -0.39 is 10.0 Å². The molecule has 156 valence electrons. The maximum atomic E-state index is 12.8. The number of carbonyl (C=O) groups is 1. The molecule has 0 aromatic heterocycles. The van der Waals surface area contributed by atoms with E-state index >= 15 is 0 Å². The van der Waals surface area contributed by atoms with Crippen LogP contribution in [-0.4, -0.2) is 25.7 Å². The predicted molar refractivity (Wildman–Crippen MR) is 120 cm³/mol. The van der Waals surface area contributed by atoms with Gasteiger partial charge in [0.15, 0.2) is 0 Å². The van der Waals surface area contributed by atoms with Gasteiger partial charge in [-0.2, -0.15) is 4.31 Å². The van der Waals surface area contributed by atoms with Gasteiger partial charge in [-0.3, -0.25) is 4.79 Å². The number of carbonyl (C=O) groups excluding carboxylic acids is 1. The molecule has 0 fully saturated rings. The number of sulfonamides is 1. The van der Waals surface area contributed by atoms with Crippen LogP contribution in [0.2, 0.25) is 0 Å². The molecule has 0 atom stereocenters. The Kier molecular flexibility index (Phi) is 6.70. The summed E-state index contributed by atoms with van der Waals surface area (Å²) in [5, 5.41) is 2.81. The van der Waals surface area contributed by atoms with Gasteiger partial charge in [0.2, 0.25) is 10.0 Å². The molecule has 0 saturated carbocycles. The number of amides is 1. The van der Waals surface area contributed by atoms with Crippen LogP contribution in [0.25, 0.3) is 0 Å². The Balaban J connectivity index is 1.68. The van der Waals surface area contributed by atoms with Crippen LogP contribution in [-0.2, 0) is 16.6 Å². The average molecular weight is 423 g/mol. The van der Waals surface area contributed by atoms with E-state index in [-0.39, 0.29) is 17.3 Å². The van der Waals surface area contributed by atoms with Crippen LogP contribution in [0.4, 0.5) is 5.69 Å². The zero-order valence-corrected chi connectivity index (χ0v) is 18.2. The Morgan fingerprint density at radius 2 is 1.50 bits per heavy atom. The van der Waals surface area contributed by atoms with Crippen LogP contribution in [0.15, 0.2) is 83.8 Å². The highest BCUT2D eigenvalue weighted by Crippen LogP contribution is 2.20. The second-order valence-electron chi connectivity index (χ2n) is 7.50. The molecular formula is C24H26N2O3S. The van der Waals surface area contributed by atoms with E-state index in [9.17, 15) is 13.2 Å². The molecule has 0 radical (unpaired) electrons. The molecule has 0 bridgehead atoms. The summed E-state index contributed by atoms with van der Waals surface area (Å²) >= 11 is 0. The van der Waals surface area contributed by atoms with Crippen LogP contribution in [0.3, 0.4) is 0 Å². The van der Waals surface area contributed by atoms with Gasteiger partial charge in [-0.25, -0.2) is 8.42 Å². The first-order valence-corrected chi connectivity index (χ1v) is 11.2. The molecule has 0 saturated heterocycles. The maximum absolute atomic E-state index is 12.8. The number of rotatable bonds is 7. The van der Waals surface area contributed by atoms with Gasteiger partial charge in [-0.15, -0.1) is 0 Å². The highest BCUT2D eigenvalue weighted by molar-refractivity contribution is 7.89. The van der Waals surface area contributed by atoms with Gasteiger partial charge >= 0.3 is 0 Å². The second kappa shape index (κ2) is 9.24. The summed E-state index contributed by atoms with van der Waals surface area (Å²) in [6, 6.07) is 23.1. The van der Waals surface area contributed by atoms with Crippen LogP contribution < -0.4 is 5.32 Å². The van der Waals surface area contributed by atoms with Crippen molar-refractivity contribution in [2.45, 2.75) is 31.2 Å². The van der Waals surface area contributed by atoms with Gasteiger partial charge in [0, 0.05) is 24.8 Å². The minimum absolute atomic E-state index is 0.181. The quantitative estimate of drug-likeness (QED) is 0.590. The van der Waals surface area contributed by atoms with Crippen molar-refractivity contribution in [3.8, 4) is 0 Å². The fraction of sp³-hybridized carbons (Fsp3) is 0.208. The lowest BCUT2D eigenvalue weighted by Gasteiger charge is -2.17. The number of nitrogens with one attached hydrogen (secondary N) is 1. The number of hydrogen-bond acceptors (Lipinski definition) is 3. The Morgan fingerprint density at radius 3 is 2.07 bits per heavy atom. The molecule has 3 rings (SSSR count). The third kappa shape index (κ3) is 5.14. The first kappa shape index (κ1) is 21.7. The third-order valence-corrected chi connectivity index (χ3v) is 6.73. The van der Waals surface area contributed by atoms with Gasteiger partial charge in [-0.05, 0) is 53.4 Å². The molecule has 0 aliphatic carbocycles. The van der Waals surface area contributed by atoms with E-state index in [1.807, 2.05) is 42.5 Å². The SMILES string of the molecule is CC(C)c1ccc(C(=O)Nc2ccc(S(=O)(=O)N(C)Cc3ccccc3)cc2)cc1. The normalized spacial score (nSPS) is 11.6. The van der Waals surface area contributed by atoms with Crippen molar-refractivity contribution in [2.24, 2.45) is 0 Å². The van der Waals surface area contributed by atoms with Crippen molar-refractivity contribution in [1.29, 1.82) is 0 Å². The molecule has 0 aliphatic rings. The standard InChI is InChI=1S/C24H26N2O3S/c1-18(2)20-9-11-21(12-10-20)24(27)25-22-13-15-23(16-14-22)30(28,29)26(3)17-19-7-5-4-6-8-19/h4-16,18H,17H2,1-3H3,(H,25,27). The van der Waals surface area contributed by atoms with Crippen molar-refractivity contribution in [3.05, 3.63) is 95.6 Å². The van der Waals surface area contributed by atoms with Crippen LogP contribution in [0.1, 0.15) is 41.3 Å². The molecule has 5 nitrogen and oxygen atoms in total. The van der Waals surface area contributed by atoms with E-state index in [1.165, 1.54) is 22.0 Å². The largest absolute Gasteiger partial charge is 0.322 e. The van der Waals surface area contributed by atoms with Crippen LogP contribution in [0, 0.1) is 0 Å². The van der Waals surface area contributed by atoms with Gasteiger partial charge in [0.1, 0.15) is 0 Å². The molecule has 1 amide bonds. The Bertz CT molecular complexity index is 1090. The number of hydrogen-bond donors (Lipinski definition) is 1. The fourth-order valence-electron chi connectivity index (χ4n) is 3.04. The van der Waals surface area contributed by atoms with Gasteiger partial charge in [0.25, 0.3) is 5.91 Å². The first-order valence-electron chi connectivity index (χ1n) is 9.79. The second-order valence-corrected chi connectivity index (χ2v) is 9.55. The van der Waals surface area contributed by atoms with Gasteiger partial charge < -0.3 is 5.32 Å².